The maximum atomic E-state index is 13.8. The second kappa shape index (κ2) is 14.9. The van der Waals surface area contributed by atoms with E-state index in [1.54, 1.807) is 25.4 Å². The number of nitrogens with one attached hydrogen (secondary N) is 2. The third kappa shape index (κ3) is 9.17. The van der Waals surface area contributed by atoms with Crippen molar-refractivity contribution in [3.63, 3.8) is 0 Å². The fourth-order valence-corrected chi connectivity index (χ4v) is 3.03. The number of carbonyl (C=O) groups excluding carboxylic acids is 2. The third-order valence-electron chi connectivity index (χ3n) is 4.80. The van der Waals surface area contributed by atoms with Gasteiger partial charge in [-0.1, -0.05) is 0 Å². The molecule has 180 valence electrons. The summed E-state index contributed by atoms with van der Waals surface area (Å²) in [6.07, 6.45) is 4.29. The lowest BCUT2D eigenvalue weighted by atomic mass is 10.0. The number of carbonyl (C=O) groups is 2. The lowest BCUT2D eigenvalue weighted by molar-refractivity contribution is -0.0980. The normalized spacial score (nSPS) is 10.7. The quantitative estimate of drug-likeness (QED) is 0.401. The zero-order valence-electron chi connectivity index (χ0n) is 19.2. The number of likely N-dealkylation sites (N-methyl/N-ethyl adjacent to an activating group) is 1. The molecule has 3 aromatic rings. The molecular formula is C24H33F2N5O2. The van der Waals surface area contributed by atoms with Crippen LogP contribution in [0.1, 0.15) is 28.8 Å². The highest BCUT2D eigenvalue weighted by atomic mass is 19.3. The third-order valence-corrected chi connectivity index (χ3v) is 4.80. The molecule has 0 atom stereocenters. The van der Waals surface area contributed by atoms with E-state index >= 15 is 0 Å². The minimum absolute atomic E-state index is 0.160. The molecule has 0 aliphatic heterocycles. The molecule has 0 bridgehead atoms. The molecule has 2 heterocycles. The Bertz CT molecular complexity index is 959. The van der Waals surface area contributed by atoms with E-state index in [4.69, 9.17) is 10.5 Å². The molecule has 33 heavy (non-hydrogen) atoms. The summed E-state index contributed by atoms with van der Waals surface area (Å²) >= 11 is 0. The van der Waals surface area contributed by atoms with Gasteiger partial charge in [0.1, 0.15) is 18.7 Å². The van der Waals surface area contributed by atoms with Crippen LogP contribution in [0.15, 0.2) is 48.8 Å². The number of nitrogens with two attached hydrogens (primary N) is 1. The molecule has 4 N–H and O–H groups in total. The molecule has 0 aliphatic rings. The molecule has 0 saturated carbocycles. The van der Waals surface area contributed by atoms with Crippen molar-refractivity contribution in [3.05, 3.63) is 59.9 Å². The number of fused-ring (bicyclic) bond motifs is 1. The molecule has 9 heteroatoms. The Morgan fingerprint density at radius 1 is 1.09 bits per heavy atom. The topological polar surface area (TPSA) is 102 Å². The van der Waals surface area contributed by atoms with Gasteiger partial charge < -0.3 is 25.7 Å². The predicted molar refractivity (Wildman–Crippen MR) is 128 cm³/mol. The molecule has 7 nitrogen and oxygen atoms in total. The first-order valence-electron chi connectivity index (χ1n) is 10.6. The largest absolute Gasteiger partial charge is 0.329 e. The zero-order chi connectivity index (χ0) is 24.7. The van der Waals surface area contributed by atoms with Gasteiger partial charge in [-0.15, -0.1) is 0 Å². The van der Waals surface area contributed by atoms with E-state index < -0.39 is 5.92 Å². The summed E-state index contributed by atoms with van der Waals surface area (Å²) < 4.78 is 29.5. The summed E-state index contributed by atoms with van der Waals surface area (Å²) in [4.78, 5) is 23.2. The number of pyridine rings is 1. The van der Waals surface area contributed by atoms with Crippen molar-refractivity contribution < 1.29 is 18.4 Å². The zero-order valence-corrected chi connectivity index (χ0v) is 19.2. The number of aromatic nitrogens is 2. The maximum Gasteiger partial charge on any atom is 0.249 e. The summed E-state index contributed by atoms with van der Waals surface area (Å²) in [7, 11) is 3.55. The smallest absolute Gasteiger partial charge is 0.249 e. The number of aryl methyl sites for hydroxylation is 1. The van der Waals surface area contributed by atoms with Gasteiger partial charge in [-0.05, 0) is 62.5 Å². The summed E-state index contributed by atoms with van der Waals surface area (Å²) in [5.41, 5.74) is 8.14. The standard InChI is InChI=1S/C20H21F2N3O.C3H10N2.CH2O/c1-23-10-9-20(21,22)8-6-16-12-17-7-11-25(19(17)24-13-16)18-4-2-15(14-26)3-5-18;1-5-3-2-4;1-2/h2-5,7,11-14,23H,6,8-10H2,1H3;5H,2-4H2,1H3;1H2. The SMILES string of the molecule is C=O.CNCCC(F)(F)CCc1cnc2c(ccn2-c2ccc(C=O)cc2)c1.CNCCN. The van der Waals surface area contributed by atoms with Gasteiger partial charge in [0, 0.05) is 61.5 Å². The van der Waals surface area contributed by atoms with Crippen molar-refractivity contribution >= 4 is 24.1 Å². The molecular weight excluding hydrogens is 428 g/mol. The Labute approximate surface area is 193 Å². The number of halogens is 2. The van der Waals surface area contributed by atoms with Gasteiger partial charge in [-0.25, -0.2) is 13.8 Å². The van der Waals surface area contributed by atoms with Crippen LogP contribution in [-0.4, -0.2) is 62.3 Å². The van der Waals surface area contributed by atoms with Gasteiger partial charge in [0.25, 0.3) is 0 Å². The van der Waals surface area contributed by atoms with Crippen molar-refractivity contribution in [2.24, 2.45) is 5.73 Å². The highest BCUT2D eigenvalue weighted by Gasteiger charge is 2.27. The van der Waals surface area contributed by atoms with Crippen molar-refractivity contribution in [1.82, 2.24) is 20.2 Å². The summed E-state index contributed by atoms with van der Waals surface area (Å²) in [6, 6.07) is 11.0. The number of benzene rings is 1. The number of aldehydes is 1. The first-order valence-corrected chi connectivity index (χ1v) is 10.6. The van der Waals surface area contributed by atoms with E-state index in [2.05, 4.69) is 15.6 Å². The number of nitrogens with zero attached hydrogens (tertiary/aromatic N) is 2. The fourth-order valence-electron chi connectivity index (χ4n) is 3.03. The maximum absolute atomic E-state index is 13.8. The van der Waals surface area contributed by atoms with E-state index in [0.717, 1.165) is 41.7 Å². The van der Waals surface area contributed by atoms with Crippen molar-refractivity contribution in [2.45, 2.75) is 25.2 Å². The van der Waals surface area contributed by atoms with Crippen LogP contribution in [0.2, 0.25) is 0 Å². The van der Waals surface area contributed by atoms with Crippen molar-refractivity contribution in [3.8, 4) is 5.69 Å². The fraction of sp³-hybridized carbons (Fsp3) is 0.375. The van der Waals surface area contributed by atoms with Crippen LogP contribution in [0.5, 0.6) is 0 Å². The van der Waals surface area contributed by atoms with Gasteiger partial charge in [0.15, 0.2) is 0 Å². The number of rotatable bonds is 10. The second-order valence-electron chi connectivity index (χ2n) is 7.25. The van der Waals surface area contributed by atoms with Crippen LogP contribution in [0.4, 0.5) is 8.78 Å². The van der Waals surface area contributed by atoms with Crippen LogP contribution in [0.25, 0.3) is 16.7 Å². The first-order chi connectivity index (χ1) is 15.9. The van der Waals surface area contributed by atoms with E-state index in [1.807, 2.05) is 48.9 Å². The van der Waals surface area contributed by atoms with Gasteiger partial charge in [0.05, 0.1) is 0 Å². The Hall–Kier alpha value is -3.01. The molecule has 0 radical (unpaired) electrons. The average Bonchev–Trinajstić information content (AvgIpc) is 3.27. The molecule has 0 fully saturated rings. The Kier molecular flexibility index (Phi) is 12.7. The predicted octanol–water partition coefficient (Wildman–Crippen LogP) is 3.00. The van der Waals surface area contributed by atoms with E-state index in [-0.39, 0.29) is 12.8 Å². The molecule has 0 saturated heterocycles. The number of hydrogen-bond donors (Lipinski definition) is 3. The number of hydrogen-bond acceptors (Lipinski definition) is 6. The van der Waals surface area contributed by atoms with Crippen LogP contribution >= 0.6 is 0 Å². The second-order valence-corrected chi connectivity index (χ2v) is 7.25. The Morgan fingerprint density at radius 3 is 2.30 bits per heavy atom. The monoisotopic (exact) mass is 461 g/mol. The molecule has 0 aliphatic carbocycles. The summed E-state index contributed by atoms with van der Waals surface area (Å²) in [5.74, 6) is -2.68. The highest BCUT2D eigenvalue weighted by Crippen LogP contribution is 2.26. The molecule has 3 rings (SSSR count). The van der Waals surface area contributed by atoms with Gasteiger partial charge in [0.2, 0.25) is 5.92 Å². The number of alkyl halides is 2. The summed E-state index contributed by atoms with van der Waals surface area (Å²) in [5, 5.41) is 6.55. The summed E-state index contributed by atoms with van der Waals surface area (Å²) in [6.45, 7) is 3.95. The molecule has 0 amide bonds. The van der Waals surface area contributed by atoms with Crippen LogP contribution in [0.3, 0.4) is 0 Å². The Morgan fingerprint density at radius 2 is 1.76 bits per heavy atom. The molecule has 0 unspecified atom stereocenters. The minimum Gasteiger partial charge on any atom is -0.329 e. The van der Waals surface area contributed by atoms with Gasteiger partial charge >= 0.3 is 0 Å². The van der Waals surface area contributed by atoms with Gasteiger partial charge in [-0.2, -0.15) is 0 Å². The van der Waals surface area contributed by atoms with Crippen LogP contribution in [0, 0.1) is 0 Å². The van der Waals surface area contributed by atoms with E-state index in [0.29, 0.717) is 18.5 Å². The van der Waals surface area contributed by atoms with Crippen molar-refractivity contribution in [2.75, 3.05) is 33.7 Å². The minimum atomic E-state index is -2.68. The van der Waals surface area contributed by atoms with E-state index in [1.165, 1.54) is 0 Å². The first kappa shape index (κ1) is 28.0. The van der Waals surface area contributed by atoms with Gasteiger partial charge in [-0.3, -0.25) is 4.79 Å². The van der Waals surface area contributed by atoms with Crippen molar-refractivity contribution in [1.29, 1.82) is 0 Å². The lowest BCUT2D eigenvalue weighted by Gasteiger charge is -2.15. The molecule has 0 spiro atoms. The van der Waals surface area contributed by atoms with E-state index in [9.17, 15) is 13.6 Å². The molecule has 1 aromatic carbocycles. The lowest BCUT2D eigenvalue weighted by Crippen LogP contribution is -2.23. The molecule has 2 aromatic heterocycles. The highest BCUT2D eigenvalue weighted by molar-refractivity contribution is 5.79. The van der Waals surface area contributed by atoms with Crippen LogP contribution in [-0.2, 0) is 11.2 Å². The average molecular weight is 462 g/mol. The Balaban J connectivity index is 0.000000689. The van der Waals surface area contributed by atoms with Crippen LogP contribution < -0.4 is 16.4 Å².